The van der Waals surface area contributed by atoms with Crippen molar-refractivity contribution in [2.45, 2.75) is 45.5 Å². The van der Waals surface area contributed by atoms with Crippen LogP contribution in [0.25, 0.3) is 17.3 Å². The number of halogens is 3. The van der Waals surface area contributed by atoms with Gasteiger partial charge >= 0.3 is 12.3 Å². The highest BCUT2D eigenvalue weighted by atomic mass is 32.1. The molecule has 2 aromatic rings. The van der Waals surface area contributed by atoms with E-state index in [0.29, 0.717) is 47.4 Å². The number of alkyl halides is 3. The van der Waals surface area contributed by atoms with Gasteiger partial charge < -0.3 is 14.5 Å². The lowest BCUT2D eigenvalue weighted by atomic mass is 10.1. The average Bonchev–Trinajstić information content (AvgIpc) is 3.12. The van der Waals surface area contributed by atoms with Gasteiger partial charge in [-0.2, -0.15) is 13.2 Å². The maximum atomic E-state index is 13.4. The van der Waals surface area contributed by atoms with Crippen LogP contribution in [0.2, 0.25) is 0 Å². The second-order valence-corrected chi connectivity index (χ2v) is 9.15. The number of anilines is 1. The van der Waals surface area contributed by atoms with Crippen molar-refractivity contribution in [1.29, 1.82) is 0 Å². The molecule has 1 saturated heterocycles. The molecule has 0 saturated carbocycles. The van der Waals surface area contributed by atoms with Crippen LogP contribution in [-0.4, -0.2) is 57.2 Å². The fourth-order valence-electron chi connectivity index (χ4n) is 3.14. The highest BCUT2D eigenvalue weighted by molar-refractivity contribution is 7.16. The van der Waals surface area contributed by atoms with Gasteiger partial charge in [-0.3, -0.25) is 0 Å². The summed E-state index contributed by atoms with van der Waals surface area (Å²) in [5.74, 6) is 0.371. The highest BCUT2D eigenvalue weighted by Gasteiger charge is 2.39. The van der Waals surface area contributed by atoms with Gasteiger partial charge in [0.1, 0.15) is 16.3 Å². The van der Waals surface area contributed by atoms with Gasteiger partial charge in [-0.25, -0.2) is 19.7 Å². The second-order valence-electron chi connectivity index (χ2n) is 8.17. The average molecular weight is 456 g/mol. The minimum Gasteiger partial charge on any atom is -0.444 e. The minimum atomic E-state index is -4.57. The summed E-state index contributed by atoms with van der Waals surface area (Å²) >= 11 is 0.579. The molecule has 0 bridgehead atoms. The highest BCUT2D eigenvalue weighted by Crippen LogP contribution is 2.42. The molecule has 1 unspecified atom stereocenters. The molecule has 1 aliphatic heterocycles. The first-order chi connectivity index (χ1) is 14.4. The molecule has 3 heterocycles. The van der Waals surface area contributed by atoms with E-state index in [-0.39, 0.29) is 11.7 Å². The Bertz CT molecular complexity index is 953. The molecule has 0 aromatic carbocycles. The Hall–Kier alpha value is -2.69. The van der Waals surface area contributed by atoms with Crippen molar-refractivity contribution in [3.8, 4) is 11.3 Å². The number of carbonyl (C=O) groups is 1. The molecule has 0 spiro atoms. The van der Waals surface area contributed by atoms with Crippen molar-refractivity contribution in [3.63, 3.8) is 0 Å². The third-order valence-corrected chi connectivity index (χ3v) is 5.68. The van der Waals surface area contributed by atoms with Crippen molar-refractivity contribution in [2.24, 2.45) is 0 Å². The van der Waals surface area contributed by atoms with E-state index in [1.54, 1.807) is 25.7 Å². The van der Waals surface area contributed by atoms with E-state index in [0.717, 1.165) is 0 Å². The number of nitrogens with zero attached hydrogens (tertiary/aromatic N) is 5. The van der Waals surface area contributed by atoms with Crippen LogP contribution in [0.5, 0.6) is 0 Å². The van der Waals surface area contributed by atoms with Crippen LogP contribution in [0, 0.1) is 0 Å². The van der Waals surface area contributed by atoms with E-state index < -0.39 is 22.9 Å². The number of hydrogen-bond donors (Lipinski definition) is 0. The number of ether oxygens (including phenoxy) is 1. The Morgan fingerprint density at radius 3 is 2.42 bits per heavy atom. The van der Waals surface area contributed by atoms with Gasteiger partial charge in [0.2, 0.25) is 5.01 Å². The van der Waals surface area contributed by atoms with Crippen molar-refractivity contribution < 1.29 is 22.7 Å². The third kappa shape index (κ3) is 5.33. The number of rotatable bonds is 3. The Morgan fingerprint density at radius 2 is 1.90 bits per heavy atom. The van der Waals surface area contributed by atoms with Gasteiger partial charge in [-0.15, -0.1) is 0 Å². The zero-order valence-corrected chi connectivity index (χ0v) is 18.5. The molecule has 1 atom stereocenters. The van der Waals surface area contributed by atoms with E-state index >= 15 is 0 Å². The van der Waals surface area contributed by atoms with Gasteiger partial charge in [0.15, 0.2) is 5.82 Å². The summed E-state index contributed by atoms with van der Waals surface area (Å²) in [6.45, 7) is 11.8. The summed E-state index contributed by atoms with van der Waals surface area (Å²) < 4.78 is 45.6. The molecular weight excluding hydrogens is 431 g/mol. The Labute approximate surface area is 182 Å². The quantitative estimate of drug-likeness (QED) is 0.668. The van der Waals surface area contributed by atoms with Crippen LogP contribution in [-0.2, 0) is 10.9 Å². The Kier molecular flexibility index (Phi) is 6.26. The maximum absolute atomic E-state index is 13.4. The predicted molar refractivity (Wildman–Crippen MR) is 113 cm³/mol. The SMILES string of the molecule is C=Cc1ncc(-c2nc(C(F)(F)F)sc2N2CCN(C(=O)OC(C)(C)C)C(C)C2)cn1. The molecule has 0 aliphatic carbocycles. The molecule has 2 aromatic heterocycles. The lowest BCUT2D eigenvalue weighted by Crippen LogP contribution is -2.55. The lowest BCUT2D eigenvalue weighted by molar-refractivity contribution is -0.137. The molecule has 0 N–H and O–H groups in total. The van der Waals surface area contributed by atoms with Gasteiger partial charge in [0.05, 0.1) is 0 Å². The molecule has 3 rings (SSSR count). The van der Waals surface area contributed by atoms with Crippen molar-refractivity contribution >= 4 is 28.5 Å². The molecule has 11 heteroatoms. The summed E-state index contributed by atoms with van der Waals surface area (Å²) in [5.41, 5.74) is -0.0710. The smallest absolute Gasteiger partial charge is 0.443 e. The molecule has 0 radical (unpaired) electrons. The molecule has 1 aliphatic rings. The molecular formula is C20H24F3N5O2S. The summed E-state index contributed by atoms with van der Waals surface area (Å²) in [6.07, 6.45) is -0.686. The number of carbonyl (C=O) groups excluding carboxylic acids is 1. The van der Waals surface area contributed by atoms with Gasteiger partial charge in [0.25, 0.3) is 0 Å². The van der Waals surface area contributed by atoms with E-state index in [1.165, 1.54) is 18.5 Å². The van der Waals surface area contributed by atoms with Crippen molar-refractivity contribution in [1.82, 2.24) is 19.9 Å². The normalized spacial score (nSPS) is 17.6. The molecule has 7 nitrogen and oxygen atoms in total. The number of hydrogen-bond acceptors (Lipinski definition) is 7. The predicted octanol–water partition coefficient (Wildman–Crippen LogP) is 4.71. The number of aromatic nitrogens is 3. The van der Waals surface area contributed by atoms with Crippen LogP contribution in [0.4, 0.5) is 23.0 Å². The van der Waals surface area contributed by atoms with Crippen LogP contribution < -0.4 is 4.90 Å². The topological polar surface area (TPSA) is 71.5 Å². The minimum absolute atomic E-state index is 0.172. The Balaban J connectivity index is 1.89. The van der Waals surface area contributed by atoms with Gasteiger partial charge in [0, 0.05) is 43.6 Å². The summed E-state index contributed by atoms with van der Waals surface area (Å²) in [6, 6.07) is -0.257. The molecule has 31 heavy (non-hydrogen) atoms. The fourth-order valence-corrected chi connectivity index (χ4v) is 4.13. The maximum Gasteiger partial charge on any atom is 0.443 e. The largest absolute Gasteiger partial charge is 0.444 e. The summed E-state index contributed by atoms with van der Waals surface area (Å²) in [4.78, 5) is 27.9. The number of amides is 1. The van der Waals surface area contributed by atoms with Crippen LogP contribution in [0.1, 0.15) is 38.5 Å². The first-order valence-electron chi connectivity index (χ1n) is 9.66. The van der Waals surface area contributed by atoms with Gasteiger partial charge in [-0.05, 0) is 33.8 Å². The van der Waals surface area contributed by atoms with Crippen LogP contribution in [0.3, 0.4) is 0 Å². The molecule has 168 valence electrons. The number of piperazine rings is 1. The summed E-state index contributed by atoms with van der Waals surface area (Å²) in [7, 11) is 0. The Morgan fingerprint density at radius 1 is 1.26 bits per heavy atom. The van der Waals surface area contributed by atoms with Crippen molar-refractivity contribution in [3.05, 3.63) is 29.8 Å². The van der Waals surface area contributed by atoms with E-state index in [4.69, 9.17) is 4.74 Å². The van der Waals surface area contributed by atoms with E-state index in [2.05, 4.69) is 21.5 Å². The standard InChI is InChI=1S/C20H24F3N5O2S/c1-6-14-24-9-13(10-25-14)15-16(31-17(26-15)20(21,22)23)27-7-8-28(12(2)11-27)18(29)30-19(3,4)5/h6,9-10,12H,1,7-8,11H2,2-5H3. The molecule has 1 fully saturated rings. The fraction of sp³-hybridized carbons (Fsp3) is 0.500. The lowest BCUT2D eigenvalue weighted by Gasteiger charge is -2.40. The zero-order chi connectivity index (χ0) is 23.0. The van der Waals surface area contributed by atoms with E-state index in [9.17, 15) is 18.0 Å². The summed E-state index contributed by atoms with van der Waals surface area (Å²) in [5, 5.41) is -0.564. The molecule has 1 amide bonds. The monoisotopic (exact) mass is 455 g/mol. The van der Waals surface area contributed by atoms with E-state index in [1.807, 2.05) is 11.8 Å². The number of thiazole rings is 1. The zero-order valence-electron chi connectivity index (χ0n) is 17.7. The van der Waals surface area contributed by atoms with Crippen LogP contribution >= 0.6 is 11.3 Å². The first kappa shape index (κ1) is 23.0. The van der Waals surface area contributed by atoms with Crippen molar-refractivity contribution in [2.75, 3.05) is 24.5 Å². The second kappa shape index (κ2) is 8.45. The van der Waals surface area contributed by atoms with Crippen LogP contribution in [0.15, 0.2) is 19.0 Å². The third-order valence-electron chi connectivity index (χ3n) is 4.52. The van der Waals surface area contributed by atoms with Gasteiger partial charge in [-0.1, -0.05) is 17.9 Å². The first-order valence-corrected chi connectivity index (χ1v) is 10.5.